The molecule has 2 rings (SSSR count). The van der Waals surface area contributed by atoms with Crippen LogP contribution in [0.15, 0.2) is 54.6 Å². The van der Waals surface area contributed by atoms with E-state index in [2.05, 4.69) is 52.0 Å². The summed E-state index contributed by atoms with van der Waals surface area (Å²) in [4.78, 5) is 0. The number of rotatable bonds is 6. The molecule has 0 aromatic heterocycles. The summed E-state index contributed by atoms with van der Waals surface area (Å²) in [6.07, 6.45) is 2.29. The minimum Gasteiger partial charge on any atom is -0.0909 e. The van der Waals surface area contributed by atoms with Crippen LogP contribution in [0.4, 0.5) is 0 Å². The van der Waals surface area contributed by atoms with Gasteiger partial charge in [-0.25, -0.2) is 0 Å². The number of benzene rings is 2. The van der Waals surface area contributed by atoms with E-state index < -0.39 is 4.33 Å². The summed E-state index contributed by atoms with van der Waals surface area (Å²) in [5.41, 5.74) is 3.35. The van der Waals surface area contributed by atoms with Crippen LogP contribution in [0.5, 0.6) is 0 Å². The van der Waals surface area contributed by atoms with Gasteiger partial charge in [0.05, 0.1) is 0 Å². The van der Waals surface area contributed by atoms with Crippen LogP contribution in [0.3, 0.4) is 0 Å². The second kappa shape index (κ2) is 7.28. The van der Waals surface area contributed by atoms with Gasteiger partial charge in [-0.2, -0.15) is 0 Å². The van der Waals surface area contributed by atoms with Crippen molar-refractivity contribution in [3.05, 3.63) is 71.3 Å². The Balaban J connectivity index is 2.36. The van der Waals surface area contributed by atoms with Gasteiger partial charge >= 0.3 is 0 Å². The van der Waals surface area contributed by atoms with Crippen molar-refractivity contribution < 1.29 is 0 Å². The lowest BCUT2D eigenvalue weighted by atomic mass is 9.69. The molecule has 0 aliphatic carbocycles. The zero-order valence-corrected chi connectivity index (χ0v) is 16.0. The highest BCUT2D eigenvalue weighted by molar-refractivity contribution is 6.50. The van der Waals surface area contributed by atoms with E-state index in [1.807, 2.05) is 30.3 Å². The quantitative estimate of drug-likeness (QED) is 0.489. The van der Waals surface area contributed by atoms with Gasteiger partial charge in [0.15, 0.2) is 4.33 Å². The fraction of sp³-hybridized carbons (Fsp3) is 0.429. The first-order valence-electron chi connectivity index (χ1n) is 8.40. The van der Waals surface area contributed by atoms with Gasteiger partial charge in [0.1, 0.15) is 0 Å². The van der Waals surface area contributed by atoms with Crippen LogP contribution in [0, 0.1) is 5.92 Å². The summed E-state index contributed by atoms with van der Waals surface area (Å²) in [7, 11) is 0. The van der Waals surface area contributed by atoms with Crippen LogP contribution in [0.2, 0.25) is 0 Å². The molecule has 0 fully saturated rings. The summed E-state index contributed by atoms with van der Waals surface area (Å²) in [5.74, 6) is 0.629. The second-order valence-corrected chi connectivity index (χ2v) is 7.93. The summed E-state index contributed by atoms with van der Waals surface area (Å²) in [6.45, 7) is 9.19. The lowest BCUT2D eigenvalue weighted by molar-refractivity contribution is 0.295. The fourth-order valence-electron chi connectivity index (χ4n) is 3.16. The predicted molar refractivity (Wildman–Crippen MR) is 102 cm³/mol. The molecule has 0 nitrogen and oxygen atoms in total. The molecule has 0 saturated heterocycles. The first kappa shape index (κ1) is 18.4. The summed E-state index contributed by atoms with van der Waals surface area (Å²) >= 11 is 13.3. The first-order chi connectivity index (χ1) is 10.9. The molecule has 2 unspecified atom stereocenters. The molecule has 0 aliphatic heterocycles. The Labute approximate surface area is 150 Å². The lowest BCUT2D eigenvalue weighted by Gasteiger charge is -2.35. The molecule has 0 radical (unpaired) electrons. The van der Waals surface area contributed by atoms with Crippen LogP contribution >= 0.6 is 23.2 Å². The Kier molecular flexibility index (Phi) is 5.81. The lowest BCUT2D eigenvalue weighted by Crippen LogP contribution is -2.29. The molecule has 2 aromatic carbocycles. The summed E-state index contributed by atoms with van der Waals surface area (Å²) in [5, 5.41) is 0. The highest BCUT2D eigenvalue weighted by atomic mass is 35.5. The third-order valence-electron chi connectivity index (χ3n) is 5.48. The van der Waals surface area contributed by atoms with E-state index in [1.165, 1.54) is 12.0 Å². The fourth-order valence-corrected chi connectivity index (χ4v) is 3.67. The van der Waals surface area contributed by atoms with Crippen LogP contribution in [0.1, 0.15) is 57.2 Å². The van der Waals surface area contributed by atoms with Gasteiger partial charge in [-0.1, -0.05) is 112 Å². The Morgan fingerprint density at radius 1 is 0.826 bits per heavy atom. The molecule has 0 aliphatic rings. The van der Waals surface area contributed by atoms with Crippen molar-refractivity contribution in [3.8, 4) is 0 Å². The van der Waals surface area contributed by atoms with E-state index in [1.54, 1.807) is 0 Å². The molecule has 0 amide bonds. The minimum absolute atomic E-state index is 0.182. The highest BCUT2D eigenvalue weighted by Crippen LogP contribution is 2.42. The topological polar surface area (TPSA) is 0 Å². The smallest absolute Gasteiger partial charge is 0.0909 e. The molecule has 0 N–H and O–H groups in total. The van der Waals surface area contributed by atoms with Crippen LogP contribution < -0.4 is 0 Å². The molecular weight excluding hydrogens is 323 g/mol. The molecule has 0 spiro atoms. The maximum absolute atomic E-state index is 6.64. The van der Waals surface area contributed by atoms with Crippen molar-refractivity contribution in [2.24, 2.45) is 5.92 Å². The van der Waals surface area contributed by atoms with Gasteiger partial charge in [-0.05, 0) is 34.4 Å². The first-order valence-corrected chi connectivity index (χ1v) is 9.16. The standard InChI is InChI=1S/C21H26Cl2/c1-5-16(3)20(4,6-2)17-12-14-19(15-13-17)21(22,23)18-10-8-7-9-11-18/h7-16H,5-6H2,1-4H3. The van der Waals surface area contributed by atoms with Crippen molar-refractivity contribution in [2.45, 2.75) is 50.3 Å². The highest BCUT2D eigenvalue weighted by Gasteiger charge is 2.32. The molecule has 2 atom stereocenters. The van der Waals surface area contributed by atoms with Gasteiger partial charge in [-0.15, -0.1) is 0 Å². The SMILES string of the molecule is CCC(C)C(C)(CC)c1ccc(C(Cl)(Cl)c2ccccc2)cc1. The summed E-state index contributed by atoms with van der Waals surface area (Å²) in [6, 6.07) is 18.3. The Hall–Kier alpha value is -0.980. The minimum atomic E-state index is -1.02. The van der Waals surface area contributed by atoms with Crippen molar-refractivity contribution in [3.63, 3.8) is 0 Å². The number of hydrogen-bond donors (Lipinski definition) is 0. The molecule has 124 valence electrons. The Bertz CT molecular complexity index is 616. The van der Waals surface area contributed by atoms with Crippen molar-refractivity contribution in [1.82, 2.24) is 0 Å². The van der Waals surface area contributed by atoms with E-state index in [-0.39, 0.29) is 5.41 Å². The third kappa shape index (κ3) is 3.59. The van der Waals surface area contributed by atoms with Crippen LogP contribution in [-0.4, -0.2) is 0 Å². The average Bonchev–Trinajstić information content (AvgIpc) is 2.61. The van der Waals surface area contributed by atoms with Gasteiger partial charge in [0.2, 0.25) is 0 Å². The number of halogens is 2. The third-order valence-corrected chi connectivity index (χ3v) is 6.35. The Morgan fingerprint density at radius 2 is 1.30 bits per heavy atom. The molecule has 0 heterocycles. The van der Waals surface area contributed by atoms with Crippen molar-refractivity contribution in [2.75, 3.05) is 0 Å². The van der Waals surface area contributed by atoms with Gasteiger partial charge in [-0.3, -0.25) is 0 Å². The predicted octanol–water partition coefficient (Wildman–Crippen LogP) is 7.08. The molecule has 2 aromatic rings. The zero-order chi connectivity index (χ0) is 17.1. The molecule has 2 heteroatoms. The van der Waals surface area contributed by atoms with Crippen molar-refractivity contribution in [1.29, 1.82) is 0 Å². The molecule has 0 saturated carbocycles. The normalized spacial score (nSPS) is 15.9. The number of hydrogen-bond acceptors (Lipinski definition) is 0. The van der Waals surface area contributed by atoms with Gasteiger partial charge in [0, 0.05) is 0 Å². The van der Waals surface area contributed by atoms with Gasteiger partial charge < -0.3 is 0 Å². The zero-order valence-electron chi connectivity index (χ0n) is 14.4. The molecule has 23 heavy (non-hydrogen) atoms. The van der Waals surface area contributed by atoms with E-state index in [4.69, 9.17) is 23.2 Å². The van der Waals surface area contributed by atoms with E-state index in [0.29, 0.717) is 5.92 Å². The van der Waals surface area contributed by atoms with Crippen molar-refractivity contribution >= 4 is 23.2 Å². The molecular formula is C21H26Cl2. The van der Waals surface area contributed by atoms with Gasteiger partial charge in [0.25, 0.3) is 0 Å². The monoisotopic (exact) mass is 348 g/mol. The summed E-state index contributed by atoms with van der Waals surface area (Å²) < 4.78 is -1.02. The van der Waals surface area contributed by atoms with E-state index in [9.17, 15) is 0 Å². The maximum Gasteiger partial charge on any atom is 0.168 e. The maximum atomic E-state index is 6.64. The van der Waals surface area contributed by atoms with Crippen LogP contribution in [-0.2, 0) is 9.75 Å². The van der Waals surface area contributed by atoms with Crippen LogP contribution in [0.25, 0.3) is 0 Å². The second-order valence-electron chi connectivity index (χ2n) is 6.60. The van der Waals surface area contributed by atoms with E-state index in [0.717, 1.165) is 17.5 Å². The Morgan fingerprint density at radius 3 is 1.78 bits per heavy atom. The van der Waals surface area contributed by atoms with E-state index >= 15 is 0 Å². The number of alkyl halides is 2. The average molecular weight is 349 g/mol. The molecule has 0 bridgehead atoms. The largest absolute Gasteiger partial charge is 0.168 e.